The van der Waals surface area contributed by atoms with Gasteiger partial charge in [-0.2, -0.15) is 0 Å². The van der Waals surface area contributed by atoms with Gasteiger partial charge < -0.3 is 10.4 Å². The van der Waals surface area contributed by atoms with Crippen LogP contribution in [0.4, 0.5) is 0 Å². The van der Waals surface area contributed by atoms with Crippen molar-refractivity contribution in [3.63, 3.8) is 0 Å². The van der Waals surface area contributed by atoms with E-state index < -0.39 is 12.0 Å². The molecule has 5 heteroatoms. The van der Waals surface area contributed by atoms with E-state index in [-0.39, 0.29) is 5.92 Å². The van der Waals surface area contributed by atoms with Crippen molar-refractivity contribution in [1.29, 1.82) is 0 Å². The Morgan fingerprint density at radius 3 is 2.78 bits per heavy atom. The van der Waals surface area contributed by atoms with Crippen molar-refractivity contribution >= 4 is 33.5 Å². The topological polar surface area (TPSA) is 49.3 Å². The molecule has 100 valence electrons. The predicted octanol–water partition coefficient (Wildman–Crippen LogP) is 3.69. The van der Waals surface area contributed by atoms with Gasteiger partial charge in [0.25, 0.3) is 0 Å². The second-order valence-corrected chi connectivity index (χ2v) is 5.64. The summed E-state index contributed by atoms with van der Waals surface area (Å²) >= 11 is 9.44. The first-order valence-corrected chi connectivity index (χ1v) is 7.03. The van der Waals surface area contributed by atoms with Gasteiger partial charge in [-0.05, 0) is 29.7 Å². The van der Waals surface area contributed by atoms with Gasteiger partial charge in [0, 0.05) is 16.0 Å². The third-order valence-corrected chi connectivity index (χ3v) is 3.86. The van der Waals surface area contributed by atoms with Crippen LogP contribution in [0.3, 0.4) is 0 Å². The van der Waals surface area contributed by atoms with Crippen molar-refractivity contribution in [1.82, 2.24) is 5.32 Å². The highest BCUT2D eigenvalue weighted by molar-refractivity contribution is 9.10. The Balaban J connectivity index is 2.73. The lowest BCUT2D eigenvalue weighted by Gasteiger charge is -2.20. The monoisotopic (exact) mass is 333 g/mol. The highest BCUT2D eigenvalue weighted by Crippen LogP contribution is 2.21. The zero-order chi connectivity index (χ0) is 13.7. The van der Waals surface area contributed by atoms with Crippen LogP contribution in [0.1, 0.15) is 25.8 Å². The van der Waals surface area contributed by atoms with Crippen molar-refractivity contribution in [2.75, 3.05) is 0 Å². The van der Waals surface area contributed by atoms with Crippen LogP contribution in [0.5, 0.6) is 0 Å². The minimum Gasteiger partial charge on any atom is -0.480 e. The number of carbonyl (C=O) groups is 1. The number of nitrogens with one attached hydrogen (secondary N) is 1. The molecule has 0 spiro atoms. The van der Waals surface area contributed by atoms with Gasteiger partial charge in [-0.15, -0.1) is 0 Å². The van der Waals surface area contributed by atoms with Crippen LogP contribution in [0.2, 0.25) is 5.02 Å². The van der Waals surface area contributed by atoms with Gasteiger partial charge in [0.05, 0.1) is 0 Å². The maximum absolute atomic E-state index is 11.2. The van der Waals surface area contributed by atoms with E-state index in [0.29, 0.717) is 11.6 Å². The molecule has 0 aliphatic rings. The molecule has 1 aromatic rings. The molecular weight excluding hydrogens is 318 g/mol. The molecular formula is C13H17BrClNO2. The molecule has 3 nitrogen and oxygen atoms in total. The Bertz CT molecular complexity index is 425. The van der Waals surface area contributed by atoms with E-state index >= 15 is 0 Å². The standard InChI is InChI=1S/C13H17BrClNO2/c1-3-8(2)12(13(17)18)16-7-9-6-10(14)4-5-11(9)15/h4-6,8,12,16H,3,7H2,1-2H3,(H,17,18)/t8-,12-/m0/s1. The lowest BCUT2D eigenvalue weighted by Crippen LogP contribution is -2.41. The van der Waals surface area contributed by atoms with Crippen molar-refractivity contribution < 1.29 is 9.90 Å². The Labute approximate surface area is 121 Å². The molecule has 0 radical (unpaired) electrons. The smallest absolute Gasteiger partial charge is 0.320 e. The fourth-order valence-corrected chi connectivity index (χ4v) is 2.26. The number of carboxylic acids is 1. The Kier molecular flexibility index (Phi) is 6.12. The number of carboxylic acid groups (broad SMARTS) is 1. The van der Waals surface area contributed by atoms with Crippen molar-refractivity contribution in [2.45, 2.75) is 32.9 Å². The molecule has 0 amide bonds. The van der Waals surface area contributed by atoms with Gasteiger partial charge in [0.1, 0.15) is 6.04 Å². The molecule has 0 aliphatic heterocycles. The van der Waals surface area contributed by atoms with Gasteiger partial charge in [-0.1, -0.05) is 47.8 Å². The molecule has 1 rings (SSSR count). The quantitative estimate of drug-likeness (QED) is 0.834. The molecule has 2 N–H and O–H groups in total. The van der Waals surface area contributed by atoms with Gasteiger partial charge in [-0.25, -0.2) is 0 Å². The van der Waals surface area contributed by atoms with E-state index in [9.17, 15) is 9.90 Å². The van der Waals surface area contributed by atoms with E-state index in [1.807, 2.05) is 26.0 Å². The highest BCUT2D eigenvalue weighted by Gasteiger charge is 2.22. The van der Waals surface area contributed by atoms with Crippen LogP contribution >= 0.6 is 27.5 Å². The van der Waals surface area contributed by atoms with Crippen LogP contribution in [-0.2, 0) is 11.3 Å². The Morgan fingerprint density at radius 2 is 2.22 bits per heavy atom. The highest BCUT2D eigenvalue weighted by atomic mass is 79.9. The summed E-state index contributed by atoms with van der Waals surface area (Å²) in [5, 5.41) is 12.9. The minimum absolute atomic E-state index is 0.0772. The number of hydrogen-bond donors (Lipinski definition) is 2. The lowest BCUT2D eigenvalue weighted by molar-refractivity contribution is -0.140. The second-order valence-electron chi connectivity index (χ2n) is 4.32. The van der Waals surface area contributed by atoms with Gasteiger partial charge in [-0.3, -0.25) is 4.79 Å². The predicted molar refractivity (Wildman–Crippen MR) is 76.9 cm³/mol. The molecule has 0 fully saturated rings. The van der Waals surface area contributed by atoms with Crippen LogP contribution in [0.25, 0.3) is 0 Å². The van der Waals surface area contributed by atoms with Gasteiger partial charge >= 0.3 is 5.97 Å². The van der Waals surface area contributed by atoms with Crippen LogP contribution in [0.15, 0.2) is 22.7 Å². The molecule has 2 atom stereocenters. The summed E-state index contributed by atoms with van der Waals surface area (Å²) in [6.45, 7) is 4.35. The molecule has 0 bridgehead atoms. The molecule has 0 saturated carbocycles. The zero-order valence-electron chi connectivity index (χ0n) is 10.4. The number of halogens is 2. The van der Waals surface area contributed by atoms with E-state index in [1.165, 1.54) is 0 Å². The molecule has 1 aromatic carbocycles. The summed E-state index contributed by atoms with van der Waals surface area (Å²) in [6.07, 6.45) is 0.816. The molecule has 0 aromatic heterocycles. The fraction of sp³-hybridized carbons (Fsp3) is 0.462. The number of hydrogen-bond acceptors (Lipinski definition) is 2. The summed E-state index contributed by atoms with van der Waals surface area (Å²) in [5.74, 6) is -0.746. The molecule has 0 unspecified atom stereocenters. The summed E-state index contributed by atoms with van der Waals surface area (Å²) in [7, 11) is 0. The van der Waals surface area contributed by atoms with Crippen molar-refractivity contribution in [2.24, 2.45) is 5.92 Å². The first-order chi connectivity index (χ1) is 8.45. The van der Waals surface area contributed by atoms with Gasteiger partial charge in [0.2, 0.25) is 0 Å². The first kappa shape index (κ1) is 15.5. The second kappa shape index (κ2) is 7.12. The van der Waals surface area contributed by atoms with Crippen molar-refractivity contribution in [3.8, 4) is 0 Å². The molecule has 18 heavy (non-hydrogen) atoms. The maximum atomic E-state index is 11.2. The molecule has 0 heterocycles. The van der Waals surface area contributed by atoms with Crippen molar-refractivity contribution in [3.05, 3.63) is 33.3 Å². The first-order valence-electron chi connectivity index (χ1n) is 5.85. The normalized spacial score (nSPS) is 14.2. The zero-order valence-corrected chi connectivity index (χ0v) is 12.8. The van der Waals surface area contributed by atoms with Gasteiger partial charge in [0.15, 0.2) is 0 Å². The SMILES string of the molecule is CC[C@H](C)[C@H](NCc1cc(Br)ccc1Cl)C(=O)O. The Hall–Kier alpha value is -0.580. The van der Waals surface area contributed by atoms with E-state index in [4.69, 9.17) is 11.6 Å². The van der Waals surface area contributed by atoms with E-state index in [1.54, 1.807) is 6.07 Å². The third kappa shape index (κ3) is 4.26. The van der Waals surface area contributed by atoms with Crippen LogP contribution in [-0.4, -0.2) is 17.1 Å². The average molecular weight is 335 g/mol. The lowest BCUT2D eigenvalue weighted by atomic mass is 9.99. The largest absolute Gasteiger partial charge is 0.480 e. The fourth-order valence-electron chi connectivity index (χ4n) is 1.67. The minimum atomic E-state index is -0.824. The molecule has 0 aliphatic carbocycles. The number of aliphatic carboxylic acids is 1. The molecule has 0 saturated heterocycles. The van der Waals surface area contributed by atoms with Crippen LogP contribution < -0.4 is 5.32 Å². The van der Waals surface area contributed by atoms with Crippen LogP contribution in [0, 0.1) is 5.92 Å². The summed E-state index contributed by atoms with van der Waals surface area (Å²) in [5.41, 5.74) is 0.889. The third-order valence-electron chi connectivity index (χ3n) is 3.00. The Morgan fingerprint density at radius 1 is 1.56 bits per heavy atom. The van der Waals surface area contributed by atoms with E-state index in [0.717, 1.165) is 16.5 Å². The summed E-state index contributed by atoms with van der Waals surface area (Å²) < 4.78 is 0.930. The number of rotatable bonds is 6. The van der Waals surface area contributed by atoms with E-state index in [2.05, 4.69) is 21.2 Å². The summed E-state index contributed by atoms with van der Waals surface area (Å²) in [6, 6.07) is 4.99. The maximum Gasteiger partial charge on any atom is 0.320 e. The number of benzene rings is 1. The average Bonchev–Trinajstić information content (AvgIpc) is 2.32. The summed E-state index contributed by atoms with van der Waals surface area (Å²) in [4.78, 5) is 11.2.